The van der Waals surface area contributed by atoms with E-state index in [-0.39, 0.29) is 0 Å². The van der Waals surface area contributed by atoms with Gasteiger partial charge in [-0.1, -0.05) is 48.5 Å². The third-order valence-electron chi connectivity index (χ3n) is 6.10. The van der Waals surface area contributed by atoms with Crippen LogP contribution in [0, 0.1) is 0 Å². The van der Waals surface area contributed by atoms with Crippen molar-refractivity contribution in [2.75, 3.05) is 14.2 Å². The Morgan fingerprint density at radius 2 is 1.62 bits per heavy atom. The summed E-state index contributed by atoms with van der Waals surface area (Å²) in [6.45, 7) is 0. The largest absolute Gasteiger partial charge is 0.497 e. The molecule has 1 aromatic heterocycles. The highest BCUT2D eigenvalue weighted by atomic mass is 16.5. The van der Waals surface area contributed by atoms with Crippen molar-refractivity contribution in [1.82, 2.24) is 0 Å². The molecule has 2 atom stereocenters. The lowest BCUT2D eigenvalue weighted by Gasteiger charge is -2.34. The second-order valence-electron chi connectivity index (χ2n) is 7.67. The first-order chi connectivity index (χ1) is 15.5. The maximum atomic E-state index is 12.8. The molecule has 1 heterocycles. The Morgan fingerprint density at radius 1 is 0.906 bits per heavy atom. The summed E-state index contributed by atoms with van der Waals surface area (Å²) in [7, 11) is 3.10. The predicted molar refractivity (Wildman–Crippen MR) is 120 cm³/mol. The minimum absolute atomic E-state index is 0.393. The molecule has 32 heavy (non-hydrogen) atoms. The number of benzene rings is 3. The summed E-state index contributed by atoms with van der Waals surface area (Å²) in [5.41, 5.74) is 2.09. The van der Waals surface area contributed by atoms with Crippen LogP contribution in [0.2, 0.25) is 0 Å². The van der Waals surface area contributed by atoms with Gasteiger partial charge in [-0.2, -0.15) is 0 Å². The Balaban J connectivity index is 1.94. The minimum atomic E-state index is -0.971. The lowest BCUT2D eigenvalue weighted by molar-refractivity contribution is -0.139. The molecule has 5 rings (SSSR count). The van der Waals surface area contributed by atoms with Crippen LogP contribution < -0.4 is 15.1 Å². The number of rotatable bonds is 4. The van der Waals surface area contributed by atoms with E-state index < -0.39 is 23.4 Å². The monoisotopic (exact) mass is 428 g/mol. The van der Waals surface area contributed by atoms with E-state index in [1.54, 1.807) is 49.6 Å². The zero-order valence-corrected chi connectivity index (χ0v) is 17.5. The maximum Gasteiger partial charge on any atom is 0.344 e. The van der Waals surface area contributed by atoms with Crippen LogP contribution in [-0.4, -0.2) is 25.3 Å². The molecule has 0 fully saturated rings. The number of fused-ring (bicyclic) bond motifs is 5. The molecule has 0 radical (unpaired) electrons. The minimum Gasteiger partial charge on any atom is -0.497 e. The van der Waals surface area contributed by atoms with Gasteiger partial charge in [0.05, 0.1) is 25.5 Å². The lowest BCUT2D eigenvalue weighted by atomic mass is 9.69. The number of methoxy groups -OCH3 is 2. The van der Waals surface area contributed by atoms with E-state index in [9.17, 15) is 14.7 Å². The van der Waals surface area contributed by atoms with E-state index in [1.807, 2.05) is 24.3 Å². The summed E-state index contributed by atoms with van der Waals surface area (Å²) >= 11 is 0. The first-order valence-electron chi connectivity index (χ1n) is 10.1. The van der Waals surface area contributed by atoms with Crippen LogP contribution >= 0.6 is 0 Å². The number of aliphatic carboxylic acids is 1. The Labute approximate surface area is 183 Å². The third-order valence-corrected chi connectivity index (χ3v) is 6.10. The Hall–Kier alpha value is -4.06. The van der Waals surface area contributed by atoms with Gasteiger partial charge in [-0.05, 0) is 23.1 Å². The molecule has 0 unspecified atom stereocenters. The average molecular weight is 428 g/mol. The SMILES string of the molecule is COc1ccc([C@@H]2c3c(oc(=O)c4ccccc34)-c3ccccc3[C@H]2C(=O)O)c(OC)c1. The molecular formula is C26H20O6. The molecule has 6 nitrogen and oxygen atoms in total. The van der Waals surface area contributed by atoms with E-state index in [0.717, 1.165) is 0 Å². The van der Waals surface area contributed by atoms with Crippen molar-refractivity contribution in [2.45, 2.75) is 11.8 Å². The van der Waals surface area contributed by atoms with Gasteiger partial charge >= 0.3 is 11.6 Å². The first-order valence-corrected chi connectivity index (χ1v) is 10.1. The number of carboxylic acids is 1. The van der Waals surface area contributed by atoms with E-state index in [2.05, 4.69) is 0 Å². The van der Waals surface area contributed by atoms with E-state index in [1.165, 1.54) is 7.11 Å². The predicted octanol–water partition coefficient (Wildman–Crippen LogP) is 4.79. The van der Waals surface area contributed by atoms with Crippen molar-refractivity contribution in [3.8, 4) is 22.8 Å². The van der Waals surface area contributed by atoms with Gasteiger partial charge in [0.1, 0.15) is 17.3 Å². The molecule has 0 saturated heterocycles. The Morgan fingerprint density at radius 3 is 2.34 bits per heavy atom. The second kappa shape index (κ2) is 7.57. The van der Waals surface area contributed by atoms with Crippen molar-refractivity contribution < 1.29 is 23.8 Å². The fourth-order valence-corrected chi connectivity index (χ4v) is 4.74. The van der Waals surface area contributed by atoms with Crippen LogP contribution in [0.4, 0.5) is 0 Å². The molecule has 4 aromatic rings. The summed E-state index contributed by atoms with van der Waals surface area (Å²) in [6, 6.07) is 19.6. The molecule has 0 spiro atoms. The van der Waals surface area contributed by atoms with Gasteiger partial charge < -0.3 is 19.0 Å². The molecule has 1 N–H and O–H groups in total. The topological polar surface area (TPSA) is 86.0 Å². The van der Waals surface area contributed by atoms with E-state index >= 15 is 0 Å². The molecule has 0 aliphatic heterocycles. The standard InChI is InChI=1S/C26H20O6/c1-30-14-11-12-19(20(13-14)31-2)21-22-16-8-4-6-10-18(16)26(29)32-24(22)17-9-5-3-7-15(17)23(21)25(27)28/h3-13,21,23H,1-2H3,(H,27,28)/t21-,23-/m1/s1. The van der Waals surface area contributed by atoms with Crippen LogP contribution in [0.15, 0.2) is 75.9 Å². The van der Waals surface area contributed by atoms with Gasteiger partial charge in [0.15, 0.2) is 0 Å². The smallest absolute Gasteiger partial charge is 0.344 e. The van der Waals surface area contributed by atoms with Crippen molar-refractivity contribution in [1.29, 1.82) is 0 Å². The molecule has 1 aliphatic rings. The summed E-state index contributed by atoms with van der Waals surface area (Å²) in [5.74, 6) is -1.03. The molecule has 0 amide bonds. The maximum absolute atomic E-state index is 12.8. The fraction of sp³-hybridized carbons (Fsp3) is 0.154. The molecule has 6 heteroatoms. The van der Waals surface area contributed by atoms with Gasteiger partial charge in [0, 0.05) is 28.7 Å². The molecule has 1 aliphatic carbocycles. The molecule has 3 aromatic carbocycles. The number of carbonyl (C=O) groups is 1. The molecule has 0 saturated carbocycles. The van der Waals surface area contributed by atoms with E-state index in [4.69, 9.17) is 13.9 Å². The van der Waals surface area contributed by atoms with Crippen molar-refractivity contribution >= 4 is 16.7 Å². The van der Waals surface area contributed by atoms with Crippen LogP contribution in [0.3, 0.4) is 0 Å². The van der Waals surface area contributed by atoms with Gasteiger partial charge in [-0.15, -0.1) is 0 Å². The molecule has 160 valence electrons. The summed E-state index contributed by atoms with van der Waals surface area (Å²) in [4.78, 5) is 25.5. The highest BCUT2D eigenvalue weighted by Gasteiger charge is 2.43. The summed E-state index contributed by atoms with van der Waals surface area (Å²) in [6.07, 6.45) is 0. The van der Waals surface area contributed by atoms with Crippen molar-refractivity contribution in [3.63, 3.8) is 0 Å². The Kier molecular flexibility index (Phi) is 4.70. The zero-order valence-electron chi connectivity index (χ0n) is 17.5. The van der Waals surface area contributed by atoms with Crippen LogP contribution in [0.25, 0.3) is 22.1 Å². The fourth-order valence-electron chi connectivity index (χ4n) is 4.74. The normalized spacial score (nSPS) is 16.8. The van der Waals surface area contributed by atoms with Crippen LogP contribution in [0.1, 0.15) is 28.5 Å². The van der Waals surface area contributed by atoms with Crippen LogP contribution in [0.5, 0.6) is 11.5 Å². The van der Waals surface area contributed by atoms with Gasteiger partial charge in [-0.25, -0.2) is 4.79 Å². The van der Waals surface area contributed by atoms with Gasteiger partial charge in [0.2, 0.25) is 0 Å². The van der Waals surface area contributed by atoms with Gasteiger partial charge in [-0.3, -0.25) is 4.79 Å². The number of carboxylic acid groups (broad SMARTS) is 1. The lowest BCUT2D eigenvalue weighted by Crippen LogP contribution is -2.27. The third kappa shape index (κ3) is 2.87. The van der Waals surface area contributed by atoms with Crippen molar-refractivity contribution in [2.24, 2.45) is 0 Å². The number of hydrogen-bond donors (Lipinski definition) is 1. The quantitative estimate of drug-likeness (QED) is 0.503. The zero-order chi connectivity index (χ0) is 22.4. The molecular weight excluding hydrogens is 408 g/mol. The van der Waals surface area contributed by atoms with Crippen LogP contribution in [-0.2, 0) is 4.79 Å². The highest BCUT2D eigenvalue weighted by Crippen LogP contribution is 2.53. The first kappa shape index (κ1) is 19.9. The highest BCUT2D eigenvalue weighted by molar-refractivity contribution is 5.95. The second-order valence-corrected chi connectivity index (χ2v) is 7.67. The molecule has 0 bridgehead atoms. The average Bonchev–Trinajstić information content (AvgIpc) is 2.82. The van der Waals surface area contributed by atoms with Crippen molar-refractivity contribution in [3.05, 3.63) is 93.8 Å². The number of ether oxygens (including phenoxy) is 2. The summed E-state index contributed by atoms with van der Waals surface area (Å²) in [5, 5.41) is 11.5. The van der Waals surface area contributed by atoms with E-state index in [0.29, 0.717) is 50.3 Å². The summed E-state index contributed by atoms with van der Waals surface area (Å²) < 4.78 is 16.8. The van der Waals surface area contributed by atoms with Gasteiger partial charge in [0.25, 0.3) is 0 Å². The number of hydrogen-bond acceptors (Lipinski definition) is 5. The Bertz CT molecular complexity index is 1420.